The molecule has 186 valence electrons. The second-order valence-corrected chi connectivity index (χ2v) is 8.73. The van der Waals surface area contributed by atoms with Gasteiger partial charge < -0.3 is 29.5 Å². The topological polar surface area (TPSA) is 114 Å². The molecular formula is C26H30N2O7. The summed E-state index contributed by atoms with van der Waals surface area (Å²) in [5, 5.41) is 12.1. The number of nitrogens with zero attached hydrogens (tertiary/aromatic N) is 1. The number of benzene rings is 2. The molecule has 1 heterocycles. The van der Waals surface area contributed by atoms with Crippen molar-refractivity contribution in [2.24, 2.45) is 0 Å². The van der Waals surface area contributed by atoms with Crippen molar-refractivity contribution in [1.82, 2.24) is 10.2 Å². The second-order valence-electron chi connectivity index (χ2n) is 8.73. The van der Waals surface area contributed by atoms with Crippen LogP contribution in [0.2, 0.25) is 0 Å². The highest BCUT2D eigenvalue weighted by molar-refractivity contribution is 5.82. The highest BCUT2D eigenvalue weighted by atomic mass is 16.5. The molecule has 9 nitrogen and oxygen atoms in total. The molecule has 2 aromatic rings. The van der Waals surface area contributed by atoms with Crippen LogP contribution >= 0.6 is 0 Å². The van der Waals surface area contributed by atoms with Crippen molar-refractivity contribution in [2.45, 2.75) is 24.4 Å². The van der Waals surface area contributed by atoms with E-state index in [2.05, 4.69) is 29.6 Å². The highest BCUT2D eigenvalue weighted by Gasteiger charge is 2.44. The fourth-order valence-electron chi connectivity index (χ4n) is 4.79. The van der Waals surface area contributed by atoms with Gasteiger partial charge in [0, 0.05) is 26.1 Å². The van der Waals surface area contributed by atoms with Gasteiger partial charge in [-0.2, -0.15) is 0 Å². The lowest BCUT2D eigenvalue weighted by molar-refractivity contribution is -0.172. The molecule has 1 fully saturated rings. The maximum Gasteiger partial charge on any atom is 0.407 e. The molecule has 1 aliphatic carbocycles. The Morgan fingerprint density at radius 1 is 1.09 bits per heavy atom. The van der Waals surface area contributed by atoms with Crippen LogP contribution < -0.4 is 5.32 Å². The summed E-state index contributed by atoms with van der Waals surface area (Å²) in [6.45, 7) is 0.765. The lowest BCUT2D eigenvalue weighted by Crippen LogP contribution is -2.56. The van der Waals surface area contributed by atoms with Crippen molar-refractivity contribution in [3.8, 4) is 11.1 Å². The number of carboxylic acids is 1. The standard InChI is InChI=1S/C26H30N2O7/c1-33-26(24(30)31)11-6-13-28(17-26)23(29)16-34-14-12-27-25(32)35-15-22-20-9-4-2-7-18(20)19-8-3-5-10-21(19)22/h2-5,7-10,22H,6,11-17H2,1H3,(H,27,32)(H,30,31). The number of hydrogen-bond acceptors (Lipinski definition) is 6. The summed E-state index contributed by atoms with van der Waals surface area (Å²) in [5.74, 6) is -1.41. The minimum Gasteiger partial charge on any atom is -0.479 e. The van der Waals surface area contributed by atoms with E-state index < -0.39 is 17.7 Å². The number of ether oxygens (including phenoxy) is 3. The van der Waals surface area contributed by atoms with Crippen molar-refractivity contribution < 1.29 is 33.7 Å². The number of nitrogens with one attached hydrogen (secondary N) is 1. The first-order valence-corrected chi connectivity index (χ1v) is 11.7. The van der Waals surface area contributed by atoms with E-state index in [1.54, 1.807) is 0 Å². The van der Waals surface area contributed by atoms with Crippen LogP contribution in [0.15, 0.2) is 48.5 Å². The smallest absolute Gasteiger partial charge is 0.407 e. The van der Waals surface area contributed by atoms with Crippen molar-refractivity contribution in [3.63, 3.8) is 0 Å². The van der Waals surface area contributed by atoms with E-state index in [1.165, 1.54) is 12.0 Å². The van der Waals surface area contributed by atoms with Crippen LogP contribution in [-0.4, -0.2) is 80.1 Å². The van der Waals surface area contributed by atoms with E-state index in [-0.39, 0.29) is 44.7 Å². The number of likely N-dealkylation sites (tertiary alicyclic amines) is 1. The van der Waals surface area contributed by atoms with E-state index in [0.717, 1.165) is 22.3 Å². The molecule has 0 aromatic heterocycles. The maximum absolute atomic E-state index is 12.4. The van der Waals surface area contributed by atoms with E-state index in [9.17, 15) is 19.5 Å². The quantitative estimate of drug-likeness (QED) is 0.528. The van der Waals surface area contributed by atoms with E-state index in [1.807, 2.05) is 24.3 Å². The molecule has 2 amide bonds. The Labute approximate surface area is 204 Å². The Morgan fingerprint density at radius 2 is 1.74 bits per heavy atom. The Kier molecular flexibility index (Phi) is 7.67. The van der Waals surface area contributed by atoms with Crippen LogP contribution in [-0.2, 0) is 23.8 Å². The average Bonchev–Trinajstić information content (AvgIpc) is 3.20. The predicted molar refractivity (Wildman–Crippen MR) is 127 cm³/mol. The predicted octanol–water partition coefficient (Wildman–Crippen LogP) is 2.63. The first kappa shape index (κ1) is 24.7. The lowest BCUT2D eigenvalue weighted by atomic mass is 9.92. The van der Waals surface area contributed by atoms with Crippen LogP contribution in [0.1, 0.15) is 29.9 Å². The van der Waals surface area contributed by atoms with E-state index in [0.29, 0.717) is 19.4 Å². The fraction of sp³-hybridized carbons (Fsp3) is 0.423. The van der Waals surface area contributed by atoms with Gasteiger partial charge in [0.25, 0.3) is 0 Å². The number of fused-ring (bicyclic) bond motifs is 3. The molecule has 2 aromatic carbocycles. The zero-order valence-corrected chi connectivity index (χ0v) is 19.7. The van der Waals surface area contributed by atoms with Crippen LogP contribution in [0.4, 0.5) is 4.79 Å². The summed E-state index contributed by atoms with van der Waals surface area (Å²) >= 11 is 0. The molecule has 1 saturated heterocycles. The van der Waals surface area contributed by atoms with Gasteiger partial charge in [-0.15, -0.1) is 0 Å². The number of carboxylic acid groups (broad SMARTS) is 1. The van der Waals surface area contributed by atoms with Gasteiger partial charge >= 0.3 is 12.1 Å². The van der Waals surface area contributed by atoms with Gasteiger partial charge in [-0.1, -0.05) is 48.5 Å². The molecule has 0 saturated carbocycles. The number of rotatable bonds is 9. The first-order valence-electron chi connectivity index (χ1n) is 11.7. The number of carbonyl (C=O) groups is 3. The molecule has 35 heavy (non-hydrogen) atoms. The highest BCUT2D eigenvalue weighted by Crippen LogP contribution is 2.44. The third-order valence-corrected chi connectivity index (χ3v) is 6.67. The molecule has 0 spiro atoms. The number of piperidine rings is 1. The molecule has 9 heteroatoms. The molecule has 1 aliphatic heterocycles. The third-order valence-electron chi connectivity index (χ3n) is 6.67. The summed E-state index contributed by atoms with van der Waals surface area (Å²) in [4.78, 5) is 37.6. The SMILES string of the molecule is COC1(C(=O)O)CCCN(C(=O)COCCNC(=O)OCC2c3ccccc3-c3ccccc32)C1. The fourth-order valence-corrected chi connectivity index (χ4v) is 4.79. The molecule has 2 N–H and O–H groups in total. The normalized spacial score (nSPS) is 19.1. The number of amides is 2. The van der Waals surface area contributed by atoms with Gasteiger partial charge in [0.05, 0.1) is 13.2 Å². The second kappa shape index (κ2) is 10.9. The minimum atomic E-state index is -1.38. The number of methoxy groups -OCH3 is 1. The monoisotopic (exact) mass is 482 g/mol. The van der Waals surface area contributed by atoms with Crippen LogP contribution in [0.3, 0.4) is 0 Å². The molecule has 4 rings (SSSR count). The van der Waals surface area contributed by atoms with E-state index >= 15 is 0 Å². The molecular weight excluding hydrogens is 452 g/mol. The summed E-state index contributed by atoms with van der Waals surface area (Å²) in [6.07, 6.45) is 0.340. The van der Waals surface area contributed by atoms with E-state index in [4.69, 9.17) is 14.2 Å². The Balaban J connectivity index is 1.18. The average molecular weight is 483 g/mol. The van der Waals surface area contributed by atoms with Crippen LogP contribution in [0.25, 0.3) is 11.1 Å². The first-order chi connectivity index (χ1) is 16.9. The Hall–Kier alpha value is -3.43. The van der Waals surface area contributed by atoms with Crippen LogP contribution in [0.5, 0.6) is 0 Å². The summed E-state index contributed by atoms with van der Waals surface area (Å²) in [7, 11) is 1.34. The minimum absolute atomic E-state index is 0.0149. The van der Waals surface area contributed by atoms with Crippen molar-refractivity contribution in [3.05, 3.63) is 59.7 Å². The third kappa shape index (κ3) is 5.31. The summed E-state index contributed by atoms with van der Waals surface area (Å²) in [5.41, 5.74) is 3.23. The summed E-state index contributed by atoms with van der Waals surface area (Å²) < 4.78 is 16.0. The van der Waals surface area contributed by atoms with Gasteiger partial charge in [0.2, 0.25) is 5.91 Å². The zero-order valence-electron chi connectivity index (χ0n) is 19.7. The zero-order chi connectivity index (χ0) is 24.8. The molecule has 0 bridgehead atoms. The molecule has 2 aliphatic rings. The van der Waals surface area contributed by atoms with Gasteiger partial charge in [0.15, 0.2) is 5.60 Å². The van der Waals surface area contributed by atoms with Crippen molar-refractivity contribution >= 4 is 18.0 Å². The van der Waals surface area contributed by atoms with Gasteiger partial charge in [-0.25, -0.2) is 9.59 Å². The summed E-state index contributed by atoms with van der Waals surface area (Å²) in [6, 6.07) is 16.2. The van der Waals surface area contributed by atoms with Crippen molar-refractivity contribution in [2.75, 3.05) is 46.6 Å². The van der Waals surface area contributed by atoms with Crippen molar-refractivity contribution in [1.29, 1.82) is 0 Å². The number of carbonyl (C=O) groups excluding carboxylic acids is 2. The molecule has 0 radical (unpaired) electrons. The van der Waals surface area contributed by atoms with Gasteiger partial charge in [-0.05, 0) is 35.1 Å². The maximum atomic E-state index is 12.4. The number of hydrogen-bond donors (Lipinski definition) is 2. The Morgan fingerprint density at radius 3 is 2.37 bits per heavy atom. The molecule has 1 atom stereocenters. The van der Waals surface area contributed by atoms with Crippen LogP contribution in [0, 0.1) is 0 Å². The molecule has 1 unspecified atom stereocenters. The largest absolute Gasteiger partial charge is 0.479 e. The van der Waals surface area contributed by atoms with Gasteiger partial charge in [0.1, 0.15) is 13.2 Å². The Bertz CT molecular complexity index is 1040. The lowest BCUT2D eigenvalue weighted by Gasteiger charge is -2.38. The number of aliphatic carboxylic acids is 1. The number of alkyl carbamates (subject to hydrolysis) is 1. The van der Waals surface area contributed by atoms with Gasteiger partial charge in [-0.3, -0.25) is 4.79 Å².